The predicted octanol–water partition coefficient (Wildman–Crippen LogP) is 1.77. The summed E-state index contributed by atoms with van der Waals surface area (Å²) in [6.07, 6.45) is 3.68. The van der Waals surface area contributed by atoms with Gasteiger partial charge in [-0.05, 0) is 12.1 Å². The Morgan fingerprint density at radius 3 is 3.11 bits per heavy atom. The number of hydrogen-bond acceptors (Lipinski definition) is 1. The molecule has 0 N–H and O–H groups in total. The minimum Gasteiger partial charge on any atom is -0.448 e. The number of rotatable bonds is 0. The first-order valence-corrected chi connectivity index (χ1v) is 2.86. The second-order valence-corrected chi connectivity index (χ2v) is 2.11. The molecule has 0 aromatic carbocycles. The van der Waals surface area contributed by atoms with Gasteiger partial charge in [-0.25, -0.2) is 0 Å². The minimum atomic E-state index is 0.940. The van der Waals surface area contributed by atoms with Crippen molar-refractivity contribution < 1.29 is 4.42 Å². The normalized spacial score (nSPS) is 10.8. The maximum Gasteiger partial charge on any atom is 0.206 e. The standard InChI is InChI=1S/C7H7NO/c1-8-4-2-6-3-5-9-7(6)8/h2-5H,1H3. The largest absolute Gasteiger partial charge is 0.448 e. The van der Waals surface area contributed by atoms with Gasteiger partial charge >= 0.3 is 0 Å². The third-order valence-electron chi connectivity index (χ3n) is 1.47. The lowest BCUT2D eigenvalue weighted by molar-refractivity contribution is 0.584. The second-order valence-electron chi connectivity index (χ2n) is 2.11. The van der Waals surface area contributed by atoms with Crippen molar-refractivity contribution in [2.24, 2.45) is 7.05 Å². The van der Waals surface area contributed by atoms with Crippen LogP contribution in [-0.2, 0) is 7.05 Å². The molecule has 0 aliphatic carbocycles. The van der Waals surface area contributed by atoms with Crippen molar-refractivity contribution in [1.82, 2.24) is 4.57 Å². The Balaban J connectivity index is 2.99. The highest BCUT2D eigenvalue weighted by atomic mass is 16.3. The summed E-state index contributed by atoms with van der Waals surface area (Å²) < 4.78 is 7.11. The maximum absolute atomic E-state index is 5.15. The van der Waals surface area contributed by atoms with Crippen molar-refractivity contribution in [2.75, 3.05) is 0 Å². The van der Waals surface area contributed by atoms with E-state index < -0.39 is 0 Å². The van der Waals surface area contributed by atoms with Crippen LogP contribution in [0.5, 0.6) is 0 Å². The number of aryl methyl sites for hydroxylation is 1. The van der Waals surface area contributed by atoms with Crippen molar-refractivity contribution in [3.8, 4) is 0 Å². The van der Waals surface area contributed by atoms with Gasteiger partial charge in [-0.1, -0.05) is 0 Å². The minimum absolute atomic E-state index is 0.940. The van der Waals surface area contributed by atoms with Crippen LogP contribution in [0, 0.1) is 0 Å². The van der Waals surface area contributed by atoms with Crippen LogP contribution < -0.4 is 0 Å². The van der Waals surface area contributed by atoms with E-state index in [1.54, 1.807) is 6.26 Å². The van der Waals surface area contributed by atoms with E-state index in [2.05, 4.69) is 0 Å². The zero-order chi connectivity index (χ0) is 6.27. The summed E-state index contributed by atoms with van der Waals surface area (Å²) >= 11 is 0. The molecule has 0 saturated carbocycles. The van der Waals surface area contributed by atoms with Gasteiger partial charge in [0, 0.05) is 18.6 Å². The molecule has 2 heterocycles. The van der Waals surface area contributed by atoms with Gasteiger partial charge in [-0.15, -0.1) is 0 Å². The van der Waals surface area contributed by atoms with Crippen LogP contribution in [0.1, 0.15) is 0 Å². The van der Waals surface area contributed by atoms with Crippen molar-refractivity contribution >= 4 is 11.1 Å². The molecular weight excluding hydrogens is 114 g/mol. The fourth-order valence-electron chi connectivity index (χ4n) is 0.985. The monoisotopic (exact) mass is 121 g/mol. The number of nitrogens with zero attached hydrogens (tertiary/aromatic N) is 1. The first-order valence-electron chi connectivity index (χ1n) is 2.86. The summed E-state index contributed by atoms with van der Waals surface area (Å²) in [7, 11) is 1.96. The summed E-state index contributed by atoms with van der Waals surface area (Å²) in [6.45, 7) is 0. The molecular formula is C7H7NO. The van der Waals surface area contributed by atoms with Crippen LogP contribution in [0.4, 0.5) is 0 Å². The lowest BCUT2D eigenvalue weighted by atomic mass is 10.4. The van der Waals surface area contributed by atoms with Gasteiger partial charge in [0.15, 0.2) is 0 Å². The Labute approximate surface area is 52.7 Å². The van der Waals surface area contributed by atoms with Gasteiger partial charge in [-0.3, -0.25) is 0 Å². The Morgan fingerprint density at radius 1 is 1.44 bits per heavy atom. The summed E-state index contributed by atoms with van der Waals surface area (Å²) in [6, 6.07) is 3.98. The van der Waals surface area contributed by atoms with Gasteiger partial charge in [-0.2, -0.15) is 0 Å². The van der Waals surface area contributed by atoms with Gasteiger partial charge in [0.05, 0.1) is 6.26 Å². The number of furan rings is 1. The first-order chi connectivity index (χ1) is 4.38. The Bertz CT molecular complexity index is 318. The van der Waals surface area contributed by atoms with E-state index in [4.69, 9.17) is 4.42 Å². The third kappa shape index (κ3) is 0.499. The highest BCUT2D eigenvalue weighted by Crippen LogP contribution is 2.14. The van der Waals surface area contributed by atoms with Crippen molar-refractivity contribution in [3.63, 3.8) is 0 Å². The van der Waals surface area contributed by atoms with E-state index >= 15 is 0 Å². The molecule has 0 radical (unpaired) electrons. The van der Waals surface area contributed by atoms with Crippen molar-refractivity contribution in [1.29, 1.82) is 0 Å². The average molecular weight is 121 g/mol. The second kappa shape index (κ2) is 1.41. The van der Waals surface area contributed by atoms with E-state index in [9.17, 15) is 0 Å². The lowest BCUT2D eigenvalue weighted by Gasteiger charge is -1.85. The Morgan fingerprint density at radius 2 is 2.33 bits per heavy atom. The SMILES string of the molecule is Cn1ccc2ccoc21. The van der Waals surface area contributed by atoms with E-state index in [0.717, 1.165) is 11.1 Å². The van der Waals surface area contributed by atoms with Crippen LogP contribution in [0.2, 0.25) is 0 Å². The van der Waals surface area contributed by atoms with Gasteiger partial charge in [0.2, 0.25) is 5.71 Å². The van der Waals surface area contributed by atoms with Gasteiger partial charge < -0.3 is 8.98 Å². The molecule has 0 unspecified atom stereocenters. The molecule has 2 aromatic rings. The van der Waals surface area contributed by atoms with E-state index in [0.29, 0.717) is 0 Å². The van der Waals surface area contributed by atoms with Crippen LogP contribution in [0.15, 0.2) is 29.0 Å². The van der Waals surface area contributed by atoms with E-state index in [-0.39, 0.29) is 0 Å². The first kappa shape index (κ1) is 4.68. The molecule has 0 saturated heterocycles. The fraction of sp³-hybridized carbons (Fsp3) is 0.143. The van der Waals surface area contributed by atoms with Crippen LogP contribution >= 0.6 is 0 Å². The van der Waals surface area contributed by atoms with Crippen molar-refractivity contribution in [3.05, 3.63) is 24.6 Å². The molecule has 2 rings (SSSR count). The summed E-state index contributed by atoms with van der Waals surface area (Å²) in [5, 5.41) is 1.16. The Hall–Kier alpha value is -1.18. The van der Waals surface area contributed by atoms with Crippen molar-refractivity contribution in [2.45, 2.75) is 0 Å². The number of fused-ring (bicyclic) bond motifs is 1. The van der Waals surface area contributed by atoms with E-state index in [1.165, 1.54) is 0 Å². The maximum atomic E-state index is 5.15. The average Bonchev–Trinajstić information content (AvgIpc) is 2.35. The van der Waals surface area contributed by atoms with Crippen LogP contribution in [0.3, 0.4) is 0 Å². The number of hydrogen-bond donors (Lipinski definition) is 0. The van der Waals surface area contributed by atoms with Gasteiger partial charge in [0.1, 0.15) is 0 Å². The van der Waals surface area contributed by atoms with Crippen LogP contribution in [-0.4, -0.2) is 4.57 Å². The predicted molar refractivity (Wildman–Crippen MR) is 35.2 cm³/mol. The summed E-state index contributed by atoms with van der Waals surface area (Å²) in [4.78, 5) is 0. The van der Waals surface area contributed by atoms with Crippen LogP contribution in [0.25, 0.3) is 11.1 Å². The molecule has 9 heavy (non-hydrogen) atoms. The third-order valence-corrected chi connectivity index (χ3v) is 1.47. The zero-order valence-electron chi connectivity index (χ0n) is 5.16. The van der Waals surface area contributed by atoms with E-state index in [1.807, 2.05) is 29.9 Å². The smallest absolute Gasteiger partial charge is 0.206 e. The number of aromatic nitrogens is 1. The lowest BCUT2D eigenvalue weighted by Crippen LogP contribution is -1.79. The summed E-state index contributed by atoms with van der Waals surface area (Å²) in [5.41, 5.74) is 0.940. The molecule has 0 aliphatic heterocycles. The fourth-order valence-corrected chi connectivity index (χ4v) is 0.985. The highest BCUT2D eigenvalue weighted by molar-refractivity contribution is 5.74. The molecule has 0 aliphatic rings. The zero-order valence-corrected chi connectivity index (χ0v) is 5.16. The topological polar surface area (TPSA) is 18.1 Å². The quantitative estimate of drug-likeness (QED) is 0.519. The molecule has 0 atom stereocenters. The molecule has 2 nitrogen and oxygen atoms in total. The molecule has 46 valence electrons. The highest BCUT2D eigenvalue weighted by Gasteiger charge is 1.96. The summed E-state index contributed by atoms with van der Waals surface area (Å²) in [5.74, 6) is 0. The molecule has 2 aromatic heterocycles. The van der Waals surface area contributed by atoms with Gasteiger partial charge in [0.25, 0.3) is 0 Å². The molecule has 0 bridgehead atoms. The molecule has 0 amide bonds. The molecule has 0 fully saturated rings. The molecule has 0 spiro atoms. The molecule has 2 heteroatoms. The Kier molecular flexibility index (Phi) is 0.730.